The van der Waals surface area contributed by atoms with Gasteiger partial charge in [0, 0.05) is 6.42 Å². The van der Waals surface area contributed by atoms with E-state index in [9.17, 15) is 45.6 Å². The van der Waals surface area contributed by atoms with Crippen molar-refractivity contribution in [1.82, 2.24) is 5.32 Å². The summed E-state index contributed by atoms with van der Waals surface area (Å²) in [5, 5.41) is 87.1. The van der Waals surface area contributed by atoms with Gasteiger partial charge in [0.05, 0.1) is 32.0 Å². The van der Waals surface area contributed by atoms with E-state index in [-0.39, 0.29) is 18.9 Å². The van der Waals surface area contributed by atoms with E-state index in [1.165, 1.54) is 173 Å². The number of nitrogens with one attached hydrogen (secondary N) is 1. The lowest BCUT2D eigenvalue weighted by Gasteiger charge is -2.46. The van der Waals surface area contributed by atoms with Gasteiger partial charge in [-0.3, -0.25) is 4.79 Å². The van der Waals surface area contributed by atoms with Crippen molar-refractivity contribution in [3.63, 3.8) is 0 Å². The number of hydrogen-bond donors (Lipinski definition) is 9. The molecule has 1 amide bonds. The molecule has 0 aromatic heterocycles. The highest BCUT2D eigenvalue weighted by atomic mass is 16.7. The number of carbonyl (C=O) groups is 1. The fourth-order valence-corrected chi connectivity index (χ4v) is 10.5. The summed E-state index contributed by atoms with van der Waals surface area (Å²) in [6.07, 6.45) is 47.5. The van der Waals surface area contributed by atoms with Gasteiger partial charge in [0.2, 0.25) is 5.91 Å². The van der Waals surface area contributed by atoms with E-state index in [0.717, 1.165) is 57.8 Å². The van der Waals surface area contributed by atoms with Crippen molar-refractivity contribution in [3.8, 4) is 0 Å². The van der Waals surface area contributed by atoms with Crippen molar-refractivity contribution in [2.24, 2.45) is 0 Å². The molecule has 0 bridgehead atoms. The van der Waals surface area contributed by atoms with E-state index in [1.54, 1.807) is 6.08 Å². The molecule has 462 valence electrons. The summed E-state index contributed by atoms with van der Waals surface area (Å²) in [5.74, 6) is -0.263. The smallest absolute Gasteiger partial charge is 0.220 e. The number of amides is 1. The maximum absolute atomic E-state index is 13.2. The third-order valence-electron chi connectivity index (χ3n) is 15.7. The van der Waals surface area contributed by atoms with E-state index in [4.69, 9.17) is 18.9 Å². The lowest BCUT2D eigenvalue weighted by atomic mass is 9.97. The van der Waals surface area contributed by atoms with Crippen LogP contribution in [0.1, 0.15) is 264 Å². The summed E-state index contributed by atoms with van der Waals surface area (Å²) >= 11 is 0. The second-order valence-corrected chi connectivity index (χ2v) is 22.9. The third-order valence-corrected chi connectivity index (χ3v) is 15.7. The Morgan fingerprint density at radius 3 is 1.35 bits per heavy atom. The fraction of sp³-hybridized carbons (Fsp3) is 0.862. The van der Waals surface area contributed by atoms with Crippen molar-refractivity contribution in [3.05, 3.63) is 48.6 Å². The van der Waals surface area contributed by atoms with Gasteiger partial charge in [0.15, 0.2) is 12.6 Å². The Kier molecular flexibility index (Phi) is 46.7. The van der Waals surface area contributed by atoms with Crippen LogP contribution < -0.4 is 5.32 Å². The van der Waals surface area contributed by atoms with Crippen molar-refractivity contribution in [2.75, 3.05) is 19.8 Å². The molecule has 0 saturated carbocycles. The molecule has 2 rings (SSSR count). The SMILES string of the molecule is CCCC/C=C\C/C=C\CCCCCCCC(=O)NC(COC1OC(CO)C(OC2OC(CO)C(O)C(O)C2O)C(O)C1O)C(O)/C=C/CC/C=C/CCCCCCCCCCCCCCCCCCCCCCCCCCC. The molecule has 14 nitrogen and oxygen atoms in total. The Bertz CT molecular complexity index is 1510. The summed E-state index contributed by atoms with van der Waals surface area (Å²) in [4.78, 5) is 13.2. The fourth-order valence-electron chi connectivity index (χ4n) is 10.5. The van der Waals surface area contributed by atoms with Gasteiger partial charge in [-0.1, -0.05) is 249 Å². The predicted octanol–water partition coefficient (Wildman–Crippen LogP) is 12.0. The van der Waals surface area contributed by atoms with Gasteiger partial charge in [-0.25, -0.2) is 0 Å². The molecule has 9 N–H and O–H groups in total. The normalized spacial score (nSPS) is 24.7. The van der Waals surface area contributed by atoms with E-state index < -0.39 is 86.8 Å². The largest absolute Gasteiger partial charge is 0.394 e. The van der Waals surface area contributed by atoms with Gasteiger partial charge in [-0.15, -0.1) is 0 Å². The number of aliphatic hydroxyl groups is 8. The number of aliphatic hydroxyl groups excluding tert-OH is 8. The second kappa shape index (κ2) is 50.5. The lowest BCUT2D eigenvalue weighted by molar-refractivity contribution is -0.359. The second-order valence-electron chi connectivity index (χ2n) is 22.9. The first-order valence-electron chi connectivity index (χ1n) is 32.4. The molecule has 0 aliphatic carbocycles. The molecular formula is C65H119NO13. The van der Waals surface area contributed by atoms with E-state index in [1.807, 2.05) is 6.08 Å². The zero-order valence-electron chi connectivity index (χ0n) is 49.9. The van der Waals surface area contributed by atoms with Crippen LogP contribution >= 0.6 is 0 Å². The quantitative estimate of drug-likeness (QED) is 0.0204. The molecule has 2 heterocycles. The van der Waals surface area contributed by atoms with Crippen LogP contribution in [0, 0.1) is 0 Å². The maximum atomic E-state index is 13.2. The third kappa shape index (κ3) is 35.6. The molecule has 14 heteroatoms. The van der Waals surface area contributed by atoms with Gasteiger partial charge in [0.25, 0.3) is 0 Å². The predicted molar refractivity (Wildman–Crippen MR) is 318 cm³/mol. The molecule has 2 aliphatic rings. The highest BCUT2D eigenvalue weighted by Gasteiger charge is 2.51. The first kappa shape index (κ1) is 73.1. The summed E-state index contributed by atoms with van der Waals surface area (Å²) in [5.41, 5.74) is 0. The van der Waals surface area contributed by atoms with Gasteiger partial charge >= 0.3 is 0 Å². The number of rotatable bonds is 52. The number of ether oxygens (including phenoxy) is 4. The minimum absolute atomic E-state index is 0.256. The first-order chi connectivity index (χ1) is 38.6. The van der Waals surface area contributed by atoms with Crippen LogP contribution in [-0.4, -0.2) is 140 Å². The van der Waals surface area contributed by atoms with E-state index in [2.05, 4.69) is 55.6 Å². The summed E-state index contributed by atoms with van der Waals surface area (Å²) in [6, 6.07) is -0.940. The number of allylic oxidation sites excluding steroid dienone is 7. The van der Waals surface area contributed by atoms with Crippen LogP contribution in [0.4, 0.5) is 0 Å². The zero-order chi connectivity index (χ0) is 57.4. The average molecular weight is 1120 g/mol. The van der Waals surface area contributed by atoms with Gasteiger partial charge in [-0.05, 0) is 57.8 Å². The van der Waals surface area contributed by atoms with Gasteiger partial charge in [-0.2, -0.15) is 0 Å². The molecule has 0 aromatic rings. The topological polar surface area (TPSA) is 228 Å². The Balaban J connectivity index is 1.69. The van der Waals surface area contributed by atoms with Crippen LogP contribution in [0.2, 0.25) is 0 Å². The van der Waals surface area contributed by atoms with Crippen molar-refractivity contribution >= 4 is 5.91 Å². The molecule has 0 spiro atoms. The van der Waals surface area contributed by atoms with Gasteiger partial charge in [0.1, 0.15) is 48.8 Å². The van der Waals surface area contributed by atoms with E-state index >= 15 is 0 Å². The van der Waals surface area contributed by atoms with Crippen LogP contribution in [0.5, 0.6) is 0 Å². The molecule has 79 heavy (non-hydrogen) atoms. The minimum Gasteiger partial charge on any atom is -0.394 e. The molecule has 0 radical (unpaired) electrons. The monoisotopic (exact) mass is 1120 g/mol. The van der Waals surface area contributed by atoms with Crippen molar-refractivity contribution in [1.29, 1.82) is 0 Å². The van der Waals surface area contributed by atoms with Crippen molar-refractivity contribution in [2.45, 2.75) is 338 Å². The molecule has 0 aromatic carbocycles. The summed E-state index contributed by atoms with van der Waals surface area (Å²) in [6.45, 7) is 2.74. The van der Waals surface area contributed by atoms with Crippen LogP contribution in [0.25, 0.3) is 0 Å². The first-order valence-corrected chi connectivity index (χ1v) is 32.4. The van der Waals surface area contributed by atoms with Crippen LogP contribution in [-0.2, 0) is 23.7 Å². The molecule has 12 atom stereocenters. The Morgan fingerprint density at radius 2 is 0.861 bits per heavy atom. The number of unbranched alkanes of at least 4 members (excludes halogenated alkanes) is 33. The summed E-state index contributed by atoms with van der Waals surface area (Å²) < 4.78 is 22.8. The molecular weight excluding hydrogens is 1000 g/mol. The lowest BCUT2D eigenvalue weighted by Crippen LogP contribution is -2.65. The molecule has 2 saturated heterocycles. The number of hydrogen-bond acceptors (Lipinski definition) is 13. The standard InChI is InChI=1S/C65H119NO13/c1-3-5-7-9-11-13-15-17-19-20-21-22-23-24-25-26-27-28-29-30-31-32-33-34-35-36-38-40-42-44-46-48-54(69)53(66-57(70)49-47-45-43-41-39-37-18-16-14-12-10-8-6-4-2)52-76-64-62(75)60(73)63(56(51-68)78-64)79-65-61(74)59(72)58(71)55(50-67)77-65/h10,12,16,18,38,40,46,48,53-56,58-65,67-69,71-75H,3-9,11,13-15,17,19-37,39,41-45,47,49-52H2,1-2H3,(H,66,70)/b12-10-,18-16-,40-38+,48-46+. The van der Waals surface area contributed by atoms with E-state index in [0.29, 0.717) is 12.8 Å². The van der Waals surface area contributed by atoms with Crippen LogP contribution in [0.15, 0.2) is 48.6 Å². The Morgan fingerprint density at radius 1 is 0.456 bits per heavy atom. The Labute approximate surface area is 480 Å². The Hall–Kier alpha value is -2.05. The molecule has 2 fully saturated rings. The maximum Gasteiger partial charge on any atom is 0.220 e. The highest BCUT2D eigenvalue weighted by molar-refractivity contribution is 5.76. The van der Waals surface area contributed by atoms with Crippen LogP contribution in [0.3, 0.4) is 0 Å². The summed E-state index contributed by atoms with van der Waals surface area (Å²) in [7, 11) is 0. The zero-order valence-corrected chi connectivity index (χ0v) is 49.9. The number of carbonyl (C=O) groups excluding carboxylic acids is 1. The highest BCUT2D eigenvalue weighted by Crippen LogP contribution is 2.30. The molecule has 2 aliphatic heterocycles. The minimum atomic E-state index is -1.79. The molecule has 12 unspecified atom stereocenters. The van der Waals surface area contributed by atoms with Gasteiger partial charge < -0.3 is 65.1 Å². The average Bonchev–Trinajstić information content (AvgIpc) is 3.48. The van der Waals surface area contributed by atoms with Crippen molar-refractivity contribution < 1.29 is 64.6 Å².